The SMILES string of the molecule is O=C(c1ccccc1F)N1CCC2(CC1)CC(N(Cc1ccccc1)C1CC1)CCO2. The fourth-order valence-corrected chi connectivity index (χ4v) is 5.31. The van der Waals surface area contributed by atoms with Crippen molar-refractivity contribution in [3.8, 4) is 0 Å². The van der Waals surface area contributed by atoms with Crippen molar-refractivity contribution < 1.29 is 13.9 Å². The second kappa shape index (κ2) is 8.71. The molecular weight excluding hydrogens is 391 g/mol. The van der Waals surface area contributed by atoms with E-state index in [2.05, 4.69) is 35.2 Å². The lowest BCUT2D eigenvalue weighted by molar-refractivity contribution is -0.131. The predicted octanol–water partition coefficient (Wildman–Crippen LogP) is 4.64. The van der Waals surface area contributed by atoms with Gasteiger partial charge in [0, 0.05) is 38.3 Å². The Kier molecular flexibility index (Phi) is 5.81. The number of amides is 1. The van der Waals surface area contributed by atoms with Crippen LogP contribution in [0.2, 0.25) is 0 Å². The first-order chi connectivity index (χ1) is 15.1. The van der Waals surface area contributed by atoms with Crippen LogP contribution < -0.4 is 0 Å². The minimum atomic E-state index is -0.442. The molecule has 2 aromatic carbocycles. The number of likely N-dealkylation sites (tertiary alicyclic amines) is 1. The molecule has 1 unspecified atom stereocenters. The largest absolute Gasteiger partial charge is 0.375 e. The molecule has 31 heavy (non-hydrogen) atoms. The lowest BCUT2D eigenvalue weighted by atomic mass is 9.81. The van der Waals surface area contributed by atoms with Crippen LogP contribution in [0.25, 0.3) is 0 Å². The van der Waals surface area contributed by atoms with Crippen LogP contribution in [0.4, 0.5) is 4.39 Å². The van der Waals surface area contributed by atoms with Gasteiger partial charge in [-0.05, 0) is 56.2 Å². The summed E-state index contributed by atoms with van der Waals surface area (Å²) in [6.45, 7) is 3.04. The van der Waals surface area contributed by atoms with Crippen LogP contribution in [0.5, 0.6) is 0 Å². The van der Waals surface area contributed by atoms with E-state index in [1.165, 1.54) is 24.5 Å². The smallest absolute Gasteiger partial charge is 0.256 e. The molecule has 5 heteroatoms. The molecule has 4 nitrogen and oxygen atoms in total. The Bertz CT molecular complexity index is 907. The Morgan fingerprint density at radius 2 is 1.71 bits per heavy atom. The maximum atomic E-state index is 14.1. The molecular formula is C26H31FN2O2. The van der Waals surface area contributed by atoms with Gasteiger partial charge in [0.25, 0.3) is 5.91 Å². The van der Waals surface area contributed by atoms with E-state index >= 15 is 0 Å². The van der Waals surface area contributed by atoms with E-state index in [1.54, 1.807) is 23.1 Å². The van der Waals surface area contributed by atoms with Gasteiger partial charge in [-0.2, -0.15) is 0 Å². The van der Waals surface area contributed by atoms with Gasteiger partial charge in [0.1, 0.15) is 5.82 Å². The quantitative estimate of drug-likeness (QED) is 0.704. The summed E-state index contributed by atoms with van der Waals surface area (Å²) in [5.74, 6) is -0.647. The predicted molar refractivity (Wildman–Crippen MR) is 118 cm³/mol. The molecule has 1 saturated carbocycles. The molecule has 1 atom stereocenters. The van der Waals surface area contributed by atoms with E-state index in [9.17, 15) is 9.18 Å². The summed E-state index contributed by atoms with van der Waals surface area (Å²) in [6, 6.07) is 18.2. The Morgan fingerprint density at radius 1 is 1.00 bits per heavy atom. The number of halogens is 1. The second-order valence-electron chi connectivity index (χ2n) is 9.34. The lowest BCUT2D eigenvalue weighted by Gasteiger charge is -2.48. The van der Waals surface area contributed by atoms with Gasteiger partial charge in [-0.3, -0.25) is 9.69 Å². The summed E-state index contributed by atoms with van der Waals surface area (Å²) in [7, 11) is 0. The molecule has 0 bridgehead atoms. The monoisotopic (exact) mass is 422 g/mol. The molecule has 1 spiro atoms. The van der Waals surface area contributed by atoms with Gasteiger partial charge in [0.2, 0.25) is 0 Å². The highest BCUT2D eigenvalue weighted by Gasteiger charge is 2.45. The maximum absolute atomic E-state index is 14.1. The van der Waals surface area contributed by atoms with Gasteiger partial charge >= 0.3 is 0 Å². The number of ether oxygens (including phenoxy) is 1. The Balaban J connectivity index is 1.24. The number of rotatable bonds is 5. The van der Waals surface area contributed by atoms with Crippen LogP contribution in [0.3, 0.4) is 0 Å². The van der Waals surface area contributed by atoms with E-state index in [1.807, 2.05) is 0 Å². The molecule has 0 N–H and O–H groups in total. The fraction of sp³-hybridized carbons (Fsp3) is 0.500. The topological polar surface area (TPSA) is 32.8 Å². The maximum Gasteiger partial charge on any atom is 0.256 e. The van der Waals surface area contributed by atoms with Crippen LogP contribution >= 0.6 is 0 Å². The number of hydrogen-bond acceptors (Lipinski definition) is 3. The van der Waals surface area contributed by atoms with E-state index < -0.39 is 5.82 Å². The van der Waals surface area contributed by atoms with Gasteiger partial charge in [0.15, 0.2) is 0 Å². The van der Waals surface area contributed by atoms with Gasteiger partial charge in [-0.15, -0.1) is 0 Å². The molecule has 2 heterocycles. The molecule has 3 fully saturated rings. The third kappa shape index (κ3) is 4.53. The number of benzene rings is 2. The summed E-state index contributed by atoms with van der Waals surface area (Å²) in [6.07, 6.45) is 6.34. The molecule has 1 aliphatic carbocycles. The summed E-state index contributed by atoms with van der Waals surface area (Å²) < 4.78 is 20.4. The van der Waals surface area contributed by atoms with E-state index in [-0.39, 0.29) is 17.1 Å². The molecule has 164 valence electrons. The van der Waals surface area contributed by atoms with Gasteiger partial charge in [-0.1, -0.05) is 42.5 Å². The third-order valence-corrected chi connectivity index (χ3v) is 7.23. The van der Waals surface area contributed by atoms with Crippen molar-refractivity contribution in [3.63, 3.8) is 0 Å². The van der Waals surface area contributed by atoms with E-state index in [0.29, 0.717) is 25.2 Å². The van der Waals surface area contributed by atoms with Gasteiger partial charge in [-0.25, -0.2) is 4.39 Å². The van der Waals surface area contributed by atoms with Crippen molar-refractivity contribution in [2.24, 2.45) is 0 Å². The molecule has 3 aliphatic rings. The van der Waals surface area contributed by atoms with Crippen LogP contribution in [-0.2, 0) is 11.3 Å². The zero-order chi connectivity index (χ0) is 21.3. The van der Waals surface area contributed by atoms with Crippen molar-refractivity contribution in [3.05, 3.63) is 71.5 Å². The minimum Gasteiger partial charge on any atom is -0.375 e. The Morgan fingerprint density at radius 3 is 2.42 bits per heavy atom. The summed E-state index contributed by atoms with van der Waals surface area (Å²) in [4.78, 5) is 17.3. The summed E-state index contributed by atoms with van der Waals surface area (Å²) >= 11 is 0. The first kappa shape index (κ1) is 20.7. The van der Waals surface area contributed by atoms with Crippen LogP contribution in [0.15, 0.2) is 54.6 Å². The normalized spacial score (nSPS) is 23.3. The van der Waals surface area contributed by atoms with Crippen molar-refractivity contribution in [2.75, 3.05) is 19.7 Å². The van der Waals surface area contributed by atoms with E-state index in [0.717, 1.165) is 38.8 Å². The highest BCUT2D eigenvalue weighted by molar-refractivity contribution is 5.94. The highest BCUT2D eigenvalue weighted by atomic mass is 19.1. The first-order valence-corrected chi connectivity index (χ1v) is 11.6. The van der Waals surface area contributed by atoms with Crippen LogP contribution in [-0.4, -0.2) is 53.1 Å². The Labute approximate surface area is 184 Å². The average Bonchev–Trinajstić information content (AvgIpc) is 3.64. The first-order valence-electron chi connectivity index (χ1n) is 11.6. The van der Waals surface area contributed by atoms with Crippen molar-refractivity contribution in [1.29, 1.82) is 0 Å². The zero-order valence-electron chi connectivity index (χ0n) is 18.0. The Hall–Kier alpha value is -2.24. The van der Waals surface area contributed by atoms with Gasteiger partial charge < -0.3 is 9.64 Å². The number of carbonyl (C=O) groups is 1. The molecule has 1 amide bonds. The van der Waals surface area contributed by atoms with Crippen LogP contribution in [0.1, 0.15) is 54.4 Å². The summed E-state index contributed by atoms with van der Waals surface area (Å²) in [5.41, 5.74) is 1.39. The lowest BCUT2D eigenvalue weighted by Crippen LogP contribution is -2.54. The number of carbonyl (C=O) groups excluding carboxylic acids is 1. The average molecular weight is 423 g/mol. The minimum absolute atomic E-state index is 0.154. The fourth-order valence-electron chi connectivity index (χ4n) is 5.31. The molecule has 5 rings (SSSR count). The second-order valence-corrected chi connectivity index (χ2v) is 9.34. The number of piperidine rings is 1. The van der Waals surface area contributed by atoms with E-state index in [4.69, 9.17) is 4.74 Å². The third-order valence-electron chi connectivity index (χ3n) is 7.23. The van der Waals surface area contributed by atoms with Crippen molar-refractivity contribution >= 4 is 5.91 Å². The highest BCUT2D eigenvalue weighted by Crippen LogP contribution is 2.40. The van der Waals surface area contributed by atoms with Gasteiger partial charge in [0.05, 0.1) is 11.2 Å². The molecule has 0 radical (unpaired) electrons. The molecule has 2 aliphatic heterocycles. The van der Waals surface area contributed by atoms with Crippen molar-refractivity contribution in [2.45, 2.75) is 62.8 Å². The molecule has 0 aromatic heterocycles. The summed E-state index contributed by atoms with van der Waals surface area (Å²) in [5, 5.41) is 0. The zero-order valence-corrected chi connectivity index (χ0v) is 18.0. The van der Waals surface area contributed by atoms with Crippen molar-refractivity contribution in [1.82, 2.24) is 9.80 Å². The standard InChI is InChI=1S/C26H31FN2O2/c27-24-9-5-4-8-23(24)25(30)28-15-13-26(14-16-28)18-22(12-17-31-26)29(21-10-11-21)19-20-6-2-1-3-7-20/h1-9,21-22H,10-19H2. The van der Waals surface area contributed by atoms with Crippen LogP contribution in [0, 0.1) is 5.82 Å². The molecule has 2 aromatic rings. The molecule has 2 saturated heterocycles. The number of hydrogen-bond donors (Lipinski definition) is 0. The number of nitrogens with zero attached hydrogens (tertiary/aromatic N) is 2.